The minimum atomic E-state index is 0.313. The second-order valence-electron chi connectivity index (χ2n) is 5.89. The molecule has 0 aliphatic carbocycles. The van der Waals surface area contributed by atoms with Crippen LogP contribution in [0.15, 0.2) is 10.5 Å². The molecule has 1 aromatic rings. The van der Waals surface area contributed by atoms with E-state index in [2.05, 4.69) is 44.0 Å². The van der Waals surface area contributed by atoms with Crippen LogP contribution in [0, 0.1) is 6.92 Å². The molecule has 0 aromatic carbocycles. The Kier molecular flexibility index (Phi) is 5.64. The number of furan rings is 1. The van der Waals surface area contributed by atoms with Crippen LogP contribution in [-0.2, 0) is 17.8 Å². The van der Waals surface area contributed by atoms with Crippen LogP contribution in [0.25, 0.3) is 0 Å². The molecule has 2 rings (SSSR count). The summed E-state index contributed by atoms with van der Waals surface area (Å²) in [4.78, 5) is 2.44. The number of aryl methyl sites for hydroxylation is 1. The predicted molar refractivity (Wildman–Crippen MR) is 80.7 cm³/mol. The van der Waals surface area contributed by atoms with Crippen LogP contribution in [0.1, 0.15) is 44.3 Å². The zero-order chi connectivity index (χ0) is 14.5. The summed E-state index contributed by atoms with van der Waals surface area (Å²) in [5.41, 5.74) is 1.28. The Hall–Kier alpha value is -0.840. The summed E-state index contributed by atoms with van der Waals surface area (Å²) in [7, 11) is 0. The molecule has 114 valence electrons. The molecule has 1 fully saturated rings. The lowest BCUT2D eigenvalue weighted by Crippen LogP contribution is -2.46. The van der Waals surface area contributed by atoms with Crippen LogP contribution in [-0.4, -0.2) is 36.7 Å². The molecule has 1 saturated heterocycles. The second kappa shape index (κ2) is 7.25. The number of nitrogens with one attached hydrogen (secondary N) is 1. The first kappa shape index (κ1) is 15.5. The summed E-state index contributed by atoms with van der Waals surface area (Å²) >= 11 is 0. The van der Waals surface area contributed by atoms with Gasteiger partial charge in [0.05, 0.1) is 19.3 Å². The number of hydrogen-bond donors (Lipinski definition) is 1. The minimum Gasteiger partial charge on any atom is -0.465 e. The molecular weight excluding hydrogens is 252 g/mol. The summed E-state index contributed by atoms with van der Waals surface area (Å²) in [5, 5.41) is 3.43. The van der Waals surface area contributed by atoms with Crippen LogP contribution in [0.5, 0.6) is 0 Å². The van der Waals surface area contributed by atoms with Gasteiger partial charge in [-0.05, 0) is 39.8 Å². The van der Waals surface area contributed by atoms with Gasteiger partial charge >= 0.3 is 0 Å². The van der Waals surface area contributed by atoms with Crippen molar-refractivity contribution in [2.24, 2.45) is 0 Å². The van der Waals surface area contributed by atoms with E-state index in [0.29, 0.717) is 12.1 Å². The molecule has 0 amide bonds. The van der Waals surface area contributed by atoms with Crippen molar-refractivity contribution >= 4 is 0 Å². The van der Waals surface area contributed by atoms with Crippen molar-refractivity contribution in [2.45, 2.75) is 59.4 Å². The smallest absolute Gasteiger partial charge is 0.118 e. The zero-order valence-electron chi connectivity index (χ0n) is 13.2. The van der Waals surface area contributed by atoms with Gasteiger partial charge in [0.25, 0.3) is 0 Å². The molecule has 0 saturated carbocycles. The first-order valence-corrected chi connectivity index (χ1v) is 7.74. The highest BCUT2D eigenvalue weighted by molar-refractivity contribution is 5.20. The molecule has 2 unspecified atom stereocenters. The lowest BCUT2D eigenvalue weighted by Gasteiger charge is -2.36. The minimum absolute atomic E-state index is 0.313. The molecule has 0 radical (unpaired) electrons. The first-order valence-electron chi connectivity index (χ1n) is 7.74. The number of rotatable bonds is 6. The summed E-state index contributed by atoms with van der Waals surface area (Å²) in [6.45, 7) is 13.2. The molecule has 1 N–H and O–H groups in total. The molecule has 4 nitrogen and oxygen atoms in total. The van der Waals surface area contributed by atoms with Gasteiger partial charge in [-0.3, -0.25) is 4.90 Å². The maximum absolute atomic E-state index is 5.91. The first-order chi connectivity index (χ1) is 9.60. The Morgan fingerprint density at radius 3 is 2.95 bits per heavy atom. The van der Waals surface area contributed by atoms with Crippen LogP contribution < -0.4 is 5.32 Å². The monoisotopic (exact) mass is 280 g/mol. The zero-order valence-corrected chi connectivity index (χ0v) is 13.2. The van der Waals surface area contributed by atoms with Crippen LogP contribution >= 0.6 is 0 Å². The lowest BCUT2D eigenvalue weighted by atomic mass is 10.2. The van der Waals surface area contributed by atoms with Crippen molar-refractivity contribution in [1.29, 1.82) is 0 Å². The van der Waals surface area contributed by atoms with E-state index in [-0.39, 0.29) is 0 Å². The summed E-state index contributed by atoms with van der Waals surface area (Å²) in [6.07, 6.45) is 1.47. The van der Waals surface area contributed by atoms with Gasteiger partial charge in [-0.2, -0.15) is 0 Å². The van der Waals surface area contributed by atoms with E-state index in [9.17, 15) is 0 Å². The number of ether oxygens (including phenoxy) is 1. The van der Waals surface area contributed by atoms with Crippen molar-refractivity contribution in [3.05, 3.63) is 23.2 Å². The third kappa shape index (κ3) is 4.08. The fraction of sp³-hybridized carbons (Fsp3) is 0.750. The summed E-state index contributed by atoms with van der Waals surface area (Å²) in [5.74, 6) is 2.11. The third-order valence-corrected chi connectivity index (χ3v) is 3.91. The van der Waals surface area contributed by atoms with Gasteiger partial charge in [0.1, 0.15) is 11.5 Å². The average molecular weight is 280 g/mol. The van der Waals surface area contributed by atoms with Crippen LogP contribution in [0.3, 0.4) is 0 Å². The Morgan fingerprint density at radius 1 is 1.40 bits per heavy atom. The fourth-order valence-electron chi connectivity index (χ4n) is 2.63. The lowest BCUT2D eigenvalue weighted by molar-refractivity contribution is -0.0546. The fourth-order valence-corrected chi connectivity index (χ4v) is 2.63. The van der Waals surface area contributed by atoms with E-state index in [4.69, 9.17) is 9.15 Å². The van der Waals surface area contributed by atoms with Gasteiger partial charge in [0, 0.05) is 24.7 Å². The van der Waals surface area contributed by atoms with Gasteiger partial charge in [-0.25, -0.2) is 0 Å². The van der Waals surface area contributed by atoms with Crippen LogP contribution in [0.4, 0.5) is 0 Å². The normalized spacial score (nSPS) is 24.2. The van der Waals surface area contributed by atoms with E-state index in [1.54, 1.807) is 0 Å². The summed E-state index contributed by atoms with van der Waals surface area (Å²) in [6, 6.07) is 2.66. The quantitative estimate of drug-likeness (QED) is 0.813. The van der Waals surface area contributed by atoms with Crippen molar-refractivity contribution in [3.8, 4) is 0 Å². The molecule has 4 heteroatoms. The Morgan fingerprint density at radius 2 is 2.20 bits per heavy atom. The molecule has 1 aromatic heterocycles. The van der Waals surface area contributed by atoms with E-state index in [1.165, 1.54) is 5.56 Å². The van der Waals surface area contributed by atoms with E-state index >= 15 is 0 Å². The second-order valence-corrected chi connectivity index (χ2v) is 5.89. The van der Waals surface area contributed by atoms with Crippen molar-refractivity contribution in [2.75, 3.05) is 19.7 Å². The van der Waals surface area contributed by atoms with Crippen molar-refractivity contribution in [3.63, 3.8) is 0 Å². The predicted octanol–water partition coefficient (Wildman–Crippen LogP) is 2.70. The highest BCUT2D eigenvalue weighted by Crippen LogP contribution is 2.20. The number of hydrogen-bond acceptors (Lipinski definition) is 4. The highest BCUT2D eigenvalue weighted by atomic mass is 16.5. The maximum atomic E-state index is 5.91. The molecule has 20 heavy (non-hydrogen) atoms. The average Bonchev–Trinajstić information content (AvgIpc) is 2.75. The maximum Gasteiger partial charge on any atom is 0.118 e. The largest absolute Gasteiger partial charge is 0.465 e. The molecule has 1 aliphatic rings. The van der Waals surface area contributed by atoms with Gasteiger partial charge in [-0.1, -0.05) is 6.92 Å². The van der Waals surface area contributed by atoms with Gasteiger partial charge in [0.15, 0.2) is 0 Å². The molecule has 0 bridgehead atoms. The SMILES string of the molecule is CCCNCc1cc(CN2CC(C)OCC2C)oc1C. The Bertz CT molecular complexity index is 417. The molecule has 2 atom stereocenters. The van der Waals surface area contributed by atoms with Gasteiger partial charge in [0.2, 0.25) is 0 Å². The van der Waals surface area contributed by atoms with E-state index < -0.39 is 0 Å². The Labute approximate surface area is 122 Å². The van der Waals surface area contributed by atoms with Crippen molar-refractivity contribution in [1.82, 2.24) is 10.2 Å². The molecule has 2 heterocycles. The molecular formula is C16H28N2O2. The van der Waals surface area contributed by atoms with Crippen LogP contribution in [0.2, 0.25) is 0 Å². The highest BCUT2D eigenvalue weighted by Gasteiger charge is 2.24. The number of nitrogens with zero attached hydrogens (tertiary/aromatic N) is 1. The standard InChI is InChI=1S/C16H28N2O2/c1-5-6-17-8-15-7-16(20-14(15)4)10-18-9-13(3)19-11-12(18)2/h7,12-13,17H,5-6,8-11H2,1-4H3. The Balaban J connectivity index is 1.93. The van der Waals surface area contributed by atoms with E-state index in [1.807, 2.05) is 0 Å². The molecule has 1 aliphatic heterocycles. The summed E-state index contributed by atoms with van der Waals surface area (Å²) < 4.78 is 11.6. The van der Waals surface area contributed by atoms with E-state index in [0.717, 1.165) is 50.7 Å². The van der Waals surface area contributed by atoms with Gasteiger partial charge in [-0.15, -0.1) is 0 Å². The van der Waals surface area contributed by atoms with Gasteiger partial charge < -0.3 is 14.5 Å². The number of morpholine rings is 1. The topological polar surface area (TPSA) is 37.6 Å². The third-order valence-electron chi connectivity index (χ3n) is 3.91. The van der Waals surface area contributed by atoms with Crippen molar-refractivity contribution < 1.29 is 9.15 Å². The molecule has 0 spiro atoms.